The van der Waals surface area contributed by atoms with Crippen molar-refractivity contribution in [1.29, 1.82) is 0 Å². The molecule has 0 aromatic heterocycles. The number of amides is 1. The first-order valence-corrected chi connectivity index (χ1v) is 5.99. The number of carboxylic acids is 1. The van der Waals surface area contributed by atoms with Gasteiger partial charge in [-0.25, -0.2) is 4.99 Å². The Morgan fingerprint density at radius 3 is 2.25 bits per heavy atom. The van der Waals surface area contributed by atoms with Crippen molar-refractivity contribution in [2.24, 2.45) is 4.99 Å². The van der Waals surface area contributed by atoms with Gasteiger partial charge in [-0.3, -0.25) is 14.4 Å². The number of aryl methyl sites for hydroxylation is 1. The summed E-state index contributed by atoms with van der Waals surface area (Å²) < 4.78 is 0. The zero-order chi connectivity index (χ0) is 15.1. The second-order valence-corrected chi connectivity index (χ2v) is 4.25. The van der Waals surface area contributed by atoms with Gasteiger partial charge in [0.25, 0.3) is 0 Å². The van der Waals surface area contributed by atoms with Crippen LogP contribution in [0.1, 0.15) is 25.3 Å². The first-order chi connectivity index (χ1) is 9.38. The summed E-state index contributed by atoms with van der Waals surface area (Å²) in [6, 6.07) is 6.37. The fourth-order valence-corrected chi connectivity index (χ4v) is 1.51. The summed E-state index contributed by atoms with van der Waals surface area (Å²) in [6.07, 6.45) is -0.0810. The van der Waals surface area contributed by atoms with Crippen molar-refractivity contribution in [3.8, 4) is 5.75 Å². The molecular weight excluding hydrogens is 262 g/mol. The number of phenols is 1. The summed E-state index contributed by atoms with van der Waals surface area (Å²) in [6.45, 7) is 1.18. The highest BCUT2D eigenvalue weighted by Crippen LogP contribution is 2.11. The highest BCUT2D eigenvalue weighted by molar-refractivity contribution is 6.42. The van der Waals surface area contributed by atoms with Crippen LogP contribution in [0, 0.1) is 0 Å². The Hall–Kier alpha value is -2.50. The third-order valence-corrected chi connectivity index (χ3v) is 2.55. The molecule has 1 aromatic rings. The van der Waals surface area contributed by atoms with Crippen LogP contribution in [0.25, 0.3) is 0 Å². The molecule has 0 fully saturated rings. The summed E-state index contributed by atoms with van der Waals surface area (Å²) in [5, 5.41) is 17.7. The van der Waals surface area contributed by atoms with Crippen LogP contribution in [0.5, 0.6) is 5.75 Å². The first-order valence-electron chi connectivity index (χ1n) is 5.99. The van der Waals surface area contributed by atoms with Gasteiger partial charge in [0.2, 0.25) is 5.91 Å². The SMILES string of the molecule is CC(=O)/C(CC(=O)O)=N/C(=O)CCc1ccc(O)cc1. The molecule has 1 aromatic carbocycles. The number of carbonyl (C=O) groups excluding carboxylic acids is 2. The maximum Gasteiger partial charge on any atom is 0.309 e. The minimum absolute atomic E-state index is 0.0706. The van der Waals surface area contributed by atoms with Crippen molar-refractivity contribution in [2.45, 2.75) is 26.2 Å². The molecule has 1 rings (SSSR count). The smallest absolute Gasteiger partial charge is 0.309 e. The predicted molar refractivity (Wildman–Crippen MR) is 71.8 cm³/mol. The van der Waals surface area contributed by atoms with Crippen LogP contribution < -0.4 is 0 Å². The van der Waals surface area contributed by atoms with Crippen LogP contribution in [0.3, 0.4) is 0 Å². The molecule has 0 saturated carbocycles. The van der Waals surface area contributed by atoms with Gasteiger partial charge in [-0.05, 0) is 24.1 Å². The zero-order valence-corrected chi connectivity index (χ0v) is 11.0. The van der Waals surface area contributed by atoms with Crippen molar-refractivity contribution < 1.29 is 24.6 Å². The first kappa shape index (κ1) is 15.6. The molecule has 0 radical (unpaired) electrons. The normalized spacial score (nSPS) is 11.2. The van der Waals surface area contributed by atoms with Gasteiger partial charge in [-0.2, -0.15) is 0 Å². The highest BCUT2D eigenvalue weighted by atomic mass is 16.4. The van der Waals surface area contributed by atoms with Crippen LogP contribution in [0.2, 0.25) is 0 Å². The molecule has 0 saturated heterocycles. The Morgan fingerprint density at radius 1 is 1.15 bits per heavy atom. The molecule has 1 amide bonds. The van der Waals surface area contributed by atoms with Gasteiger partial charge in [0, 0.05) is 13.3 Å². The average Bonchev–Trinajstić information content (AvgIpc) is 2.36. The third-order valence-electron chi connectivity index (χ3n) is 2.55. The Labute approximate surface area is 115 Å². The van der Waals surface area contributed by atoms with E-state index in [1.165, 1.54) is 19.1 Å². The Bertz CT molecular complexity index is 545. The van der Waals surface area contributed by atoms with E-state index < -0.39 is 24.1 Å². The van der Waals surface area contributed by atoms with Crippen molar-refractivity contribution in [1.82, 2.24) is 0 Å². The number of aliphatic carboxylic acids is 1. The van der Waals surface area contributed by atoms with E-state index in [9.17, 15) is 14.4 Å². The van der Waals surface area contributed by atoms with E-state index in [0.717, 1.165) is 5.56 Å². The van der Waals surface area contributed by atoms with Gasteiger partial charge < -0.3 is 10.2 Å². The number of ketones is 1. The number of rotatable bonds is 6. The average molecular weight is 277 g/mol. The predicted octanol–water partition coefficient (Wildman–Crippen LogP) is 1.36. The largest absolute Gasteiger partial charge is 0.508 e. The molecule has 20 heavy (non-hydrogen) atoms. The van der Waals surface area contributed by atoms with Gasteiger partial charge in [-0.1, -0.05) is 12.1 Å². The summed E-state index contributed by atoms with van der Waals surface area (Å²) in [5.74, 6) is -2.13. The molecule has 2 N–H and O–H groups in total. The molecule has 0 spiro atoms. The molecule has 0 heterocycles. The molecule has 0 aliphatic heterocycles. The minimum Gasteiger partial charge on any atom is -0.508 e. The van der Waals surface area contributed by atoms with Gasteiger partial charge >= 0.3 is 5.97 Å². The van der Waals surface area contributed by atoms with E-state index in [1.54, 1.807) is 12.1 Å². The molecule has 0 unspecified atom stereocenters. The van der Waals surface area contributed by atoms with Crippen LogP contribution in [-0.4, -0.2) is 33.6 Å². The number of hydrogen-bond donors (Lipinski definition) is 2. The van der Waals surface area contributed by atoms with Crippen LogP contribution in [0.15, 0.2) is 29.3 Å². The lowest BCUT2D eigenvalue weighted by Gasteiger charge is -2.01. The summed E-state index contributed by atoms with van der Waals surface area (Å²) >= 11 is 0. The standard InChI is InChI=1S/C14H15NO5/c1-9(16)12(8-14(19)20)15-13(18)7-4-10-2-5-11(17)6-3-10/h2-3,5-6,17H,4,7-8H2,1H3,(H,19,20)/b15-12+. The quantitative estimate of drug-likeness (QED) is 0.764. The highest BCUT2D eigenvalue weighted by Gasteiger charge is 2.13. The van der Waals surface area contributed by atoms with Crippen molar-refractivity contribution in [3.63, 3.8) is 0 Å². The second kappa shape index (κ2) is 7.18. The van der Waals surface area contributed by atoms with E-state index in [0.29, 0.717) is 6.42 Å². The summed E-state index contributed by atoms with van der Waals surface area (Å²) in [5.41, 5.74) is 0.599. The van der Waals surface area contributed by atoms with E-state index in [4.69, 9.17) is 10.2 Å². The number of benzene rings is 1. The Morgan fingerprint density at radius 2 is 1.75 bits per heavy atom. The number of aromatic hydroxyl groups is 1. The molecular formula is C14H15NO5. The number of carbonyl (C=O) groups is 3. The molecule has 106 valence electrons. The zero-order valence-electron chi connectivity index (χ0n) is 11.0. The van der Waals surface area contributed by atoms with Gasteiger partial charge in [0.15, 0.2) is 5.78 Å². The number of Topliss-reactive ketones (excluding diaryl/α,β-unsaturated/α-hetero) is 1. The van der Waals surface area contributed by atoms with E-state index >= 15 is 0 Å². The van der Waals surface area contributed by atoms with E-state index in [-0.39, 0.29) is 17.9 Å². The lowest BCUT2D eigenvalue weighted by Crippen LogP contribution is -2.17. The number of phenolic OH excluding ortho intramolecular Hbond substituents is 1. The third kappa shape index (κ3) is 5.43. The molecule has 6 heteroatoms. The topological polar surface area (TPSA) is 104 Å². The van der Waals surface area contributed by atoms with Crippen molar-refractivity contribution >= 4 is 23.4 Å². The maximum absolute atomic E-state index is 11.6. The molecule has 0 bridgehead atoms. The van der Waals surface area contributed by atoms with E-state index in [1.807, 2.05) is 0 Å². The molecule has 0 atom stereocenters. The van der Waals surface area contributed by atoms with Crippen LogP contribution >= 0.6 is 0 Å². The molecule has 0 aliphatic carbocycles. The number of hydrogen-bond acceptors (Lipinski definition) is 4. The monoisotopic (exact) mass is 277 g/mol. The van der Waals surface area contributed by atoms with Crippen molar-refractivity contribution in [2.75, 3.05) is 0 Å². The molecule has 6 nitrogen and oxygen atoms in total. The summed E-state index contributed by atoms with van der Waals surface area (Å²) in [4.78, 5) is 36.8. The minimum atomic E-state index is -1.20. The fourth-order valence-electron chi connectivity index (χ4n) is 1.51. The number of nitrogens with zero attached hydrogens (tertiary/aromatic N) is 1. The lowest BCUT2D eigenvalue weighted by atomic mass is 10.1. The van der Waals surface area contributed by atoms with Crippen LogP contribution in [0.4, 0.5) is 0 Å². The fraction of sp³-hybridized carbons (Fsp3) is 0.286. The number of carboxylic acid groups (broad SMARTS) is 1. The maximum atomic E-state index is 11.6. The Kier molecular flexibility index (Phi) is 5.58. The van der Waals surface area contributed by atoms with Crippen molar-refractivity contribution in [3.05, 3.63) is 29.8 Å². The molecule has 0 aliphatic rings. The second-order valence-electron chi connectivity index (χ2n) is 4.25. The van der Waals surface area contributed by atoms with Gasteiger partial charge in [-0.15, -0.1) is 0 Å². The van der Waals surface area contributed by atoms with Crippen LogP contribution in [-0.2, 0) is 20.8 Å². The van der Waals surface area contributed by atoms with Gasteiger partial charge in [0.1, 0.15) is 5.75 Å². The van der Waals surface area contributed by atoms with E-state index in [2.05, 4.69) is 4.99 Å². The Balaban J connectivity index is 2.63. The summed E-state index contributed by atoms with van der Waals surface area (Å²) in [7, 11) is 0. The lowest BCUT2D eigenvalue weighted by molar-refractivity contribution is -0.135. The van der Waals surface area contributed by atoms with Gasteiger partial charge in [0.05, 0.1) is 12.1 Å². The number of aliphatic imine (C=N–C) groups is 1.